The number of hydrogen-bond acceptors (Lipinski definition) is 6. The minimum Gasteiger partial charge on any atom is -0.382 e. The average Bonchev–Trinajstić information content (AvgIpc) is 2.85. The van der Waals surface area contributed by atoms with Gasteiger partial charge in [0.1, 0.15) is 10.7 Å². The van der Waals surface area contributed by atoms with Gasteiger partial charge in [-0.1, -0.05) is 18.3 Å². The number of aromatic nitrogens is 1. The zero-order valence-electron chi connectivity index (χ0n) is 12.1. The molecule has 2 heterocycles. The van der Waals surface area contributed by atoms with Gasteiger partial charge in [-0.05, 0) is 19.3 Å². The summed E-state index contributed by atoms with van der Waals surface area (Å²) in [7, 11) is 0. The Morgan fingerprint density at radius 3 is 2.67 bits per heavy atom. The van der Waals surface area contributed by atoms with Crippen LogP contribution in [0.2, 0.25) is 0 Å². The normalized spacial score (nSPS) is 16.0. The van der Waals surface area contributed by atoms with Crippen molar-refractivity contribution in [3.05, 3.63) is 4.88 Å². The van der Waals surface area contributed by atoms with Crippen molar-refractivity contribution in [2.24, 2.45) is 11.7 Å². The van der Waals surface area contributed by atoms with Crippen LogP contribution in [0.4, 0.5) is 10.9 Å². The zero-order valence-corrected chi connectivity index (χ0v) is 12.9. The van der Waals surface area contributed by atoms with Crippen LogP contribution in [0.1, 0.15) is 35.9 Å². The van der Waals surface area contributed by atoms with Crippen molar-refractivity contribution >= 4 is 34.1 Å². The number of nitrogens with one attached hydrogen (secondary N) is 1. The summed E-state index contributed by atoms with van der Waals surface area (Å²) in [6.07, 6.45) is 2.20. The zero-order chi connectivity index (χ0) is 15.4. The lowest BCUT2D eigenvalue weighted by Crippen LogP contribution is -2.41. The number of nitrogen functional groups attached to an aromatic ring is 1. The predicted molar refractivity (Wildman–Crippen MR) is 83.1 cm³/mol. The number of carbonyl (C=O) groups excluding carboxylic acids is 2. The van der Waals surface area contributed by atoms with E-state index < -0.39 is 0 Å². The number of anilines is 2. The molecule has 0 bridgehead atoms. The highest BCUT2D eigenvalue weighted by Crippen LogP contribution is 2.28. The molecular formula is C13H21N5O2S. The SMILES string of the molecule is CCCNc1nc(N)c(C(=O)N2CCC(C(N)=O)CC2)s1. The van der Waals surface area contributed by atoms with Crippen LogP contribution in [-0.2, 0) is 4.79 Å². The van der Waals surface area contributed by atoms with Crippen molar-refractivity contribution in [1.82, 2.24) is 9.88 Å². The standard InChI is InChI=1S/C13H21N5O2S/c1-2-5-16-13-17-10(14)9(21-13)12(20)18-6-3-8(4-7-18)11(15)19/h8H,2-7,14H2,1H3,(H2,15,19)(H,16,17). The fourth-order valence-corrected chi connectivity index (χ4v) is 3.18. The molecule has 5 N–H and O–H groups in total. The molecule has 1 aliphatic rings. The number of rotatable bonds is 5. The first-order valence-corrected chi connectivity index (χ1v) is 7.93. The van der Waals surface area contributed by atoms with Crippen LogP contribution in [0, 0.1) is 5.92 Å². The number of thiazole rings is 1. The maximum absolute atomic E-state index is 12.5. The number of hydrogen-bond donors (Lipinski definition) is 3. The van der Waals surface area contributed by atoms with Gasteiger partial charge in [-0.15, -0.1) is 0 Å². The van der Waals surface area contributed by atoms with Gasteiger partial charge in [-0.3, -0.25) is 9.59 Å². The largest absolute Gasteiger partial charge is 0.382 e. The van der Waals surface area contributed by atoms with Crippen molar-refractivity contribution in [2.45, 2.75) is 26.2 Å². The second-order valence-corrected chi connectivity index (χ2v) is 6.13. The molecule has 0 unspecified atom stereocenters. The Morgan fingerprint density at radius 1 is 1.43 bits per heavy atom. The van der Waals surface area contributed by atoms with Gasteiger partial charge < -0.3 is 21.7 Å². The molecule has 116 valence electrons. The molecule has 2 rings (SSSR count). The van der Waals surface area contributed by atoms with Crippen LogP contribution in [0.3, 0.4) is 0 Å². The fraction of sp³-hybridized carbons (Fsp3) is 0.615. The van der Waals surface area contributed by atoms with E-state index in [2.05, 4.69) is 17.2 Å². The summed E-state index contributed by atoms with van der Waals surface area (Å²) in [5.74, 6) is -0.266. The Morgan fingerprint density at radius 2 is 2.10 bits per heavy atom. The summed E-state index contributed by atoms with van der Waals surface area (Å²) in [4.78, 5) is 29.9. The van der Waals surface area contributed by atoms with E-state index in [9.17, 15) is 9.59 Å². The molecule has 21 heavy (non-hydrogen) atoms. The predicted octanol–water partition coefficient (Wildman–Crippen LogP) is 0.885. The Hall–Kier alpha value is -1.83. The van der Waals surface area contributed by atoms with Gasteiger partial charge in [0.05, 0.1) is 0 Å². The van der Waals surface area contributed by atoms with Crippen LogP contribution >= 0.6 is 11.3 Å². The first kappa shape index (κ1) is 15.6. The molecule has 1 aromatic heterocycles. The van der Waals surface area contributed by atoms with Crippen molar-refractivity contribution in [3.8, 4) is 0 Å². The summed E-state index contributed by atoms with van der Waals surface area (Å²) in [5.41, 5.74) is 11.1. The van der Waals surface area contributed by atoms with Crippen molar-refractivity contribution in [1.29, 1.82) is 0 Å². The minimum absolute atomic E-state index is 0.113. The van der Waals surface area contributed by atoms with Gasteiger partial charge in [0.2, 0.25) is 5.91 Å². The molecule has 0 aromatic carbocycles. The molecule has 0 aliphatic carbocycles. The molecule has 1 saturated heterocycles. The van der Waals surface area contributed by atoms with Gasteiger partial charge in [0, 0.05) is 25.6 Å². The topological polar surface area (TPSA) is 114 Å². The third-order valence-corrected chi connectivity index (χ3v) is 4.58. The number of nitrogens with two attached hydrogens (primary N) is 2. The van der Waals surface area contributed by atoms with Gasteiger partial charge in [0.15, 0.2) is 5.13 Å². The first-order valence-electron chi connectivity index (χ1n) is 7.11. The minimum atomic E-state index is -0.287. The highest BCUT2D eigenvalue weighted by atomic mass is 32.1. The Bertz CT molecular complexity index is 523. The quantitative estimate of drug-likeness (QED) is 0.747. The van der Waals surface area contributed by atoms with E-state index in [1.807, 2.05) is 0 Å². The fourth-order valence-electron chi connectivity index (χ4n) is 2.30. The highest BCUT2D eigenvalue weighted by molar-refractivity contribution is 7.18. The average molecular weight is 311 g/mol. The molecule has 0 atom stereocenters. The Balaban J connectivity index is 2.00. The van der Waals surface area contributed by atoms with Gasteiger partial charge in [-0.25, -0.2) is 4.98 Å². The van der Waals surface area contributed by atoms with E-state index in [0.29, 0.717) is 35.9 Å². The van der Waals surface area contributed by atoms with Gasteiger partial charge in [-0.2, -0.15) is 0 Å². The van der Waals surface area contributed by atoms with E-state index >= 15 is 0 Å². The Labute approximate surface area is 127 Å². The number of piperidine rings is 1. The molecule has 7 nitrogen and oxygen atoms in total. The number of nitrogens with zero attached hydrogens (tertiary/aromatic N) is 2. The smallest absolute Gasteiger partial charge is 0.267 e. The molecule has 1 aromatic rings. The molecular weight excluding hydrogens is 290 g/mol. The number of carbonyl (C=O) groups is 2. The third-order valence-electron chi connectivity index (χ3n) is 3.56. The highest BCUT2D eigenvalue weighted by Gasteiger charge is 2.28. The molecule has 0 radical (unpaired) electrons. The van der Waals surface area contributed by atoms with E-state index in [0.717, 1.165) is 13.0 Å². The van der Waals surface area contributed by atoms with Gasteiger partial charge >= 0.3 is 0 Å². The third kappa shape index (κ3) is 3.63. The van der Waals surface area contributed by atoms with Crippen LogP contribution in [-0.4, -0.2) is 41.3 Å². The lowest BCUT2D eigenvalue weighted by molar-refractivity contribution is -0.123. The van der Waals surface area contributed by atoms with Crippen molar-refractivity contribution in [2.75, 3.05) is 30.7 Å². The lowest BCUT2D eigenvalue weighted by atomic mass is 9.96. The maximum Gasteiger partial charge on any atom is 0.267 e. The van der Waals surface area contributed by atoms with Crippen LogP contribution in [0.15, 0.2) is 0 Å². The van der Waals surface area contributed by atoms with Gasteiger partial charge in [0.25, 0.3) is 5.91 Å². The van der Waals surface area contributed by atoms with Crippen LogP contribution < -0.4 is 16.8 Å². The molecule has 0 saturated carbocycles. The second-order valence-electron chi connectivity index (χ2n) is 5.13. The molecule has 0 spiro atoms. The summed E-state index contributed by atoms with van der Waals surface area (Å²) in [5, 5.41) is 3.80. The monoisotopic (exact) mass is 311 g/mol. The summed E-state index contributed by atoms with van der Waals surface area (Å²) in [6, 6.07) is 0. The van der Waals surface area contributed by atoms with Crippen molar-refractivity contribution < 1.29 is 9.59 Å². The number of primary amides is 1. The summed E-state index contributed by atoms with van der Waals surface area (Å²) >= 11 is 1.28. The van der Waals surface area contributed by atoms with Crippen LogP contribution in [0.25, 0.3) is 0 Å². The number of amides is 2. The second kappa shape index (κ2) is 6.75. The first-order chi connectivity index (χ1) is 10.0. The van der Waals surface area contributed by atoms with Crippen LogP contribution in [0.5, 0.6) is 0 Å². The molecule has 8 heteroatoms. The summed E-state index contributed by atoms with van der Waals surface area (Å²) < 4.78 is 0. The summed E-state index contributed by atoms with van der Waals surface area (Å²) in [6.45, 7) is 3.91. The maximum atomic E-state index is 12.5. The molecule has 1 fully saturated rings. The van der Waals surface area contributed by atoms with E-state index in [4.69, 9.17) is 11.5 Å². The van der Waals surface area contributed by atoms with Crippen molar-refractivity contribution in [3.63, 3.8) is 0 Å². The van der Waals surface area contributed by atoms with E-state index in [-0.39, 0.29) is 23.6 Å². The molecule has 2 amide bonds. The number of likely N-dealkylation sites (tertiary alicyclic amines) is 1. The van der Waals surface area contributed by atoms with E-state index in [1.54, 1.807) is 4.90 Å². The molecule has 1 aliphatic heterocycles. The lowest BCUT2D eigenvalue weighted by Gasteiger charge is -2.30. The Kier molecular flexibility index (Phi) is 5.00. The van der Waals surface area contributed by atoms with E-state index in [1.165, 1.54) is 11.3 Å².